The third-order valence-electron chi connectivity index (χ3n) is 2.74. The number of thioether (sulfide) groups is 1. The van der Waals surface area contributed by atoms with Gasteiger partial charge in [0.25, 0.3) is 0 Å². The second-order valence-corrected chi connectivity index (χ2v) is 7.34. The lowest BCUT2D eigenvalue weighted by atomic mass is 10.1. The molecule has 0 bridgehead atoms. The maximum Gasteiger partial charge on any atom is 0.219 e. The third kappa shape index (κ3) is 3.79. The molecular weight excluding hydrogens is 373 g/mol. The quantitative estimate of drug-likeness (QED) is 0.639. The first-order chi connectivity index (χ1) is 9.93. The topological polar surface area (TPSA) is 46.2 Å². The summed E-state index contributed by atoms with van der Waals surface area (Å²) in [4.78, 5) is 1.55. The van der Waals surface area contributed by atoms with Crippen LogP contribution in [0.5, 0.6) is 0 Å². The highest BCUT2D eigenvalue weighted by Crippen LogP contribution is 2.39. The van der Waals surface area contributed by atoms with Crippen LogP contribution in [-0.4, -0.2) is 25.7 Å². The molecule has 1 aromatic carbocycles. The van der Waals surface area contributed by atoms with Gasteiger partial charge in [-0.2, -0.15) is 8.42 Å². The van der Waals surface area contributed by atoms with E-state index in [0.717, 1.165) is 10.6 Å². The minimum atomic E-state index is -2.37. The molecule has 0 radical (unpaired) electrons. The number of hydrogen-bond acceptors (Lipinski definition) is 4. The van der Waals surface area contributed by atoms with E-state index in [9.17, 15) is 8.42 Å². The molecule has 0 aliphatic heterocycles. The van der Waals surface area contributed by atoms with Crippen LogP contribution in [-0.2, 0) is 10.3 Å². The molecule has 1 aliphatic carbocycles. The zero-order valence-corrected chi connectivity index (χ0v) is 14.6. The Labute approximate surface area is 143 Å². The van der Waals surface area contributed by atoms with Gasteiger partial charge >= 0.3 is 0 Å². The van der Waals surface area contributed by atoms with E-state index in [1.165, 1.54) is 17.8 Å². The summed E-state index contributed by atoms with van der Waals surface area (Å²) in [5.41, 5.74) is 0.750. The van der Waals surface area contributed by atoms with Gasteiger partial charge in [0.2, 0.25) is 10.3 Å². The highest BCUT2D eigenvalue weighted by molar-refractivity contribution is 8.03. The number of halogens is 3. The summed E-state index contributed by atoms with van der Waals surface area (Å²) in [6, 6.07) is 5.11. The summed E-state index contributed by atoms with van der Waals surface area (Å²) < 4.78 is 22.4. The molecule has 2 rings (SSSR count). The first kappa shape index (κ1) is 16.8. The van der Waals surface area contributed by atoms with Gasteiger partial charge in [0, 0.05) is 27.6 Å². The number of alkyl halides is 1. The lowest BCUT2D eigenvalue weighted by molar-refractivity contribution is 0.627. The number of benzene rings is 1. The zero-order chi connectivity index (χ0) is 15.6. The average molecular weight is 383 g/mol. The third-order valence-corrected chi connectivity index (χ3v) is 6.12. The normalized spacial score (nSPS) is 18.1. The molecule has 1 aromatic rings. The standard InChI is InChI=1S/C13H10Cl3NO2S2/c1-17-9-3-5-11(21(18)19)12(16)13(9)20-10-4-2-7(14)6-8(10)15/h2-6,12,17H,1H3. The monoisotopic (exact) mass is 381 g/mol. The molecular formula is C13H10Cl3NO2S2. The molecule has 8 heteroatoms. The molecule has 0 amide bonds. The van der Waals surface area contributed by atoms with Crippen LogP contribution in [0, 0.1) is 0 Å². The molecule has 0 saturated heterocycles. The van der Waals surface area contributed by atoms with Gasteiger partial charge in [-0.25, -0.2) is 0 Å². The smallest absolute Gasteiger partial charge is 0.219 e. The van der Waals surface area contributed by atoms with Crippen LogP contribution in [0.1, 0.15) is 0 Å². The van der Waals surface area contributed by atoms with Crippen molar-refractivity contribution in [3.8, 4) is 0 Å². The molecule has 3 nitrogen and oxygen atoms in total. The highest BCUT2D eigenvalue weighted by Gasteiger charge is 2.25. The van der Waals surface area contributed by atoms with Crippen molar-refractivity contribution in [3.05, 3.63) is 51.0 Å². The Morgan fingerprint density at radius 2 is 1.95 bits per heavy atom. The van der Waals surface area contributed by atoms with Crippen molar-refractivity contribution >= 4 is 61.7 Å². The lowest BCUT2D eigenvalue weighted by Crippen LogP contribution is -2.23. The largest absolute Gasteiger partial charge is 0.387 e. The van der Waals surface area contributed by atoms with E-state index in [4.69, 9.17) is 34.8 Å². The number of likely N-dealkylation sites (N-methyl/N-ethyl adjacent to an activating group) is 1. The van der Waals surface area contributed by atoms with Crippen LogP contribution in [0.2, 0.25) is 10.0 Å². The van der Waals surface area contributed by atoms with E-state index < -0.39 is 15.7 Å². The molecule has 1 N–H and O–H groups in total. The second kappa shape index (κ2) is 7.11. The van der Waals surface area contributed by atoms with Gasteiger partial charge in [-0.3, -0.25) is 0 Å². The maximum absolute atomic E-state index is 11.2. The Kier molecular flexibility index (Phi) is 5.68. The van der Waals surface area contributed by atoms with Crippen molar-refractivity contribution in [3.63, 3.8) is 0 Å². The summed E-state index contributed by atoms with van der Waals surface area (Å²) in [6.07, 6.45) is 3.16. The van der Waals surface area contributed by atoms with Gasteiger partial charge in [0.15, 0.2) is 0 Å². The van der Waals surface area contributed by atoms with Crippen LogP contribution < -0.4 is 5.32 Å². The van der Waals surface area contributed by atoms with Crippen molar-refractivity contribution in [2.75, 3.05) is 7.05 Å². The summed E-state index contributed by atoms with van der Waals surface area (Å²) in [5, 5.41) is 3.26. The van der Waals surface area contributed by atoms with Gasteiger partial charge in [-0.15, -0.1) is 11.6 Å². The molecule has 112 valence electrons. The van der Waals surface area contributed by atoms with E-state index in [1.807, 2.05) is 0 Å². The fourth-order valence-electron chi connectivity index (χ4n) is 1.73. The van der Waals surface area contributed by atoms with Crippen LogP contribution in [0.25, 0.3) is 0 Å². The summed E-state index contributed by atoms with van der Waals surface area (Å²) in [6.45, 7) is 0. The van der Waals surface area contributed by atoms with Crippen LogP contribution in [0.3, 0.4) is 0 Å². The number of allylic oxidation sites excluding steroid dienone is 3. The molecule has 21 heavy (non-hydrogen) atoms. The first-order valence-corrected chi connectivity index (χ1v) is 8.85. The Balaban J connectivity index is 2.46. The van der Waals surface area contributed by atoms with Gasteiger partial charge in [-0.05, 0) is 30.4 Å². The SMILES string of the molecule is CNC1=C(Sc2ccc(Cl)cc2Cl)C(Cl)C(=S(=O)=O)C=C1. The Bertz CT molecular complexity index is 762. The van der Waals surface area contributed by atoms with Crippen LogP contribution in [0.4, 0.5) is 0 Å². The number of nitrogens with one attached hydrogen (secondary N) is 1. The molecule has 1 unspecified atom stereocenters. The van der Waals surface area contributed by atoms with E-state index in [-0.39, 0.29) is 4.86 Å². The maximum atomic E-state index is 11.2. The van der Waals surface area contributed by atoms with Gasteiger partial charge in [0.1, 0.15) is 5.38 Å². The van der Waals surface area contributed by atoms with E-state index >= 15 is 0 Å². The molecule has 0 heterocycles. The minimum absolute atomic E-state index is 0.128. The summed E-state index contributed by atoms with van der Waals surface area (Å²) in [7, 11) is -0.626. The lowest BCUT2D eigenvalue weighted by Gasteiger charge is -2.20. The summed E-state index contributed by atoms with van der Waals surface area (Å²) >= 11 is 19.6. The van der Waals surface area contributed by atoms with Crippen LogP contribution >= 0.6 is 46.6 Å². The first-order valence-electron chi connectivity index (χ1n) is 5.77. The Hall–Kier alpha value is -0.590. The fourth-order valence-corrected chi connectivity index (χ4v) is 4.37. The molecule has 0 saturated carbocycles. The van der Waals surface area contributed by atoms with Gasteiger partial charge in [-0.1, -0.05) is 35.0 Å². The average Bonchev–Trinajstić information content (AvgIpc) is 2.43. The molecule has 0 spiro atoms. The fraction of sp³-hybridized carbons (Fsp3) is 0.154. The van der Waals surface area contributed by atoms with Crippen molar-refractivity contribution in [1.82, 2.24) is 5.32 Å². The number of rotatable bonds is 3. The van der Waals surface area contributed by atoms with Crippen molar-refractivity contribution in [2.45, 2.75) is 10.3 Å². The Morgan fingerprint density at radius 3 is 2.52 bits per heavy atom. The van der Waals surface area contributed by atoms with Gasteiger partial charge in [0.05, 0.1) is 9.89 Å². The van der Waals surface area contributed by atoms with Crippen molar-refractivity contribution in [2.24, 2.45) is 0 Å². The van der Waals surface area contributed by atoms with Crippen molar-refractivity contribution in [1.29, 1.82) is 0 Å². The minimum Gasteiger partial charge on any atom is -0.387 e. The van der Waals surface area contributed by atoms with E-state index in [2.05, 4.69) is 5.32 Å². The highest BCUT2D eigenvalue weighted by atomic mass is 35.5. The van der Waals surface area contributed by atoms with Gasteiger partial charge < -0.3 is 5.32 Å². The van der Waals surface area contributed by atoms with Crippen molar-refractivity contribution < 1.29 is 8.42 Å². The zero-order valence-electron chi connectivity index (χ0n) is 10.7. The molecule has 1 atom stereocenters. The Morgan fingerprint density at radius 1 is 1.24 bits per heavy atom. The predicted molar refractivity (Wildman–Crippen MR) is 91.1 cm³/mol. The number of hydrogen-bond donors (Lipinski definition) is 1. The summed E-state index contributed by atoms with van der Waals surface area (Å²) in [5.74, 6) is 0. The van der Waals surface area contributed by atoms with Crippen LogP contribution in [0.15, 0.2) is 45.8 Å². The second-order valence-electron chi connectivity index (χ2n) is 4.04. The molecule has 0 fully saturated rings. The van der Waals surface area contributed by atoms with E-state index in [1.54, 1.807) is 31.3 Å². The predicted octanol–water partition coefficient (Wildman–Crippen LogP) is 3.75. The van der Waals surface area contributed by atoms with E-state index in [0.29, 0.717) is 15.0 Å². The molecule has 1 aliphatic rings. The molecule has 0 aromatic heterocycles.